The molecule has 2 saturated heterocycles. The van der Waals surface area contributed by atoms with E-state index in [0.717, 1.165) is 74.2 Å². The van der Waals surface area contributed by atoms with Gasteiger partial charge in [0.15, 0.2) is 0 Å². The molecule has 2 fully saturated rings. The average molecular weight is 401 g/mol. The lowest BCUT2D eigenvalue weighted by Crippen LogP contribution is -2.22. The summed E-state index contributed by atoms with van der Waals surface area (Å²) in [6.07, 6.45) is 12.8. The Labute approximate surface area is 178 Å². The van der Waals surface area contributed by atoms with Crippen molar-refractivity contribution in [2.24, 2.45) is 5.92 Å². The molecule has 0 spiro atoms. The van der Waals surface area contributed by atoms with Crippen molar-refractivity contribution in [2.45, 2.75) is 57.7 Å². The second kappa shape index (κ2) is 9.25. The Morgan fingerprint density at radius 3 is 2.73 bits per heavy atom. The third-order valence-electron chi connectivity index (χ3n) is 6.22. The van der Waals surface area contributed by atoms with Crippen LogP contribution in [-0.2, 0) is 6.42 Å². The zero-order valence-corrected chi connectivity index (χ0v) is 17.6. The van der Waals surface area contributed by atoms with Crippen LogP contribution in [0.1, 0.15) is 50.0 Å². The molecule has 0 bridgehead atoms. The van der Waals surface area contributed by atoms with Gasteiger partial charge in [-0.05, 0) is 31.7 Å². The number of nitrogens with one attached hydrogen (secondary N) is 1. The van der Waals surface area contributed by atoms with Crippen molar-refractivity contribution in [3.8, 4) is 5.97 Å². The van der Waals surface area contributed by atoms with Gasteiger partial charge in [-0.25, -0.2) is 20.2 Å². The van der Waals surface area contributed by atoms with Gasteiger partial charge in [0, 0.05) is 48.8 Å². The van der Waals surface area contributed by atoms with Crippen LogP contribution in [0, 0.1) is 17.1 Å². The Bertz CT molecular complexity index is 916. The number of allylic oxidation sites excluding steroid dienone is 1. The normalized spacial score (nSPS) is 18.3. The monoisotopic (exact) mass is 401 g/mol. The Kier molecular flexibility index (Phi) is 6.27. The summed E-state index contributed by atoms with van der Waals surface area (Å²) in [5.74, 6) is 5.35. The first-order chi connectivity index (χ1) is 14.6. The fraction of sp³-hybridized carbons (Fsp3) is 0.500. The van der Waals surface area contributed by atoms with Crippen LogP contribution < -0.4 is 10.2 Å². The second-order valence-electron chi connectivity index (χ2n) is 8.41. The van der Waals surface area contributed by atoms with Crippen molar-refractivity contribution in [1.82, 2.24) is 19.9 Å². The zero-order valence-electron chi connectivity index (χ0n) is 17.6. The Balaban J connectivity index is 1.34. The van der Waals surface area contributed by atoms with Crippen molar-refractivity contribution < 1.29 is 0 Å². The summed E-state index contributed by atoms with van der Waals surface area (Å²) in [5.41, 5.74) is 2.12. The molecule has 8 heteroatoms. The first kappa shape index (κ1) is 20.3. The van der Waals surface area contributed by atoms with Crippen LogP contribution in [-0.4, -0.2) is 33.2 Å². The molecule has 2 aromatic rings. The Hall–Kier alpha value is -2.95. The molecular formula is C22H28BN7. The molecule has 2 aromatic heterocycles. The van der Waals surface area contributed by atoms with Crippen molar-refractivity contribution in [1.29, 1.82) is 5.26 Å². The molecule has 0 amide bonds. The van der Waals surface area contributed by atoms with E-state index in [9.17, 15) is 0 Å². The van der Waals surface area contributed by atoms with Gasteiger partial charge in [0.1, 0.15) is 11.6 Å². The van der Waals surface area contributed by atoms with Gasteiger partial charge in [-0.15, -0.1) is 0 Å². The lowest BCUT2D eigenvalue weighted by molar-refractivity contribution is 0.459. The highest BCUT2D eigenvalue weighted by Gasteiger charge is 2.25. The van der Waals surface area contributed by atoms with E-state index in [0.29, 0.717) is 11.9 Å². The fourth-order valence-corrected chi connectivity index (χ4v) is 4.30. The molecule has 2 aliphatic heterocycles. The summed E-state index contributed by atoms with van der Waals surface area (Å²) in [7, 11) is 0. The third kappa shape index (κ3) is 4.78. The van der Waals surface area contributed by atoms with Crippen LogP contribution in [0.15, 0.2) is 36.9 Å². The summed E-state index contributed by atoms with van der Waals surface area (Å²) >= 11 is 0. The van der Waals surface area contributed by atoms with E-state index in [4.69, 9.17) is 5.26 Å². The largest absolute Gasteiger partial charge is 0.348 e. The van der Waals surface area contributed by atoms with Crippen molar-refractivity contribution in [2.75, 3.05) is 16.8 Å². The number of anilines is 2. The summed E-state index contributed by atoms with van der Waals surface area (Å²) in [5, 5.41) is 12.4. The lowest BCUT2D eigenvalue weighted by atomic mass is 9.41. The van der Waals surface area contributed by atoms with Gasteiger partial charge in [0.25, 0.3) is 6.71 Å². The number of hydrogen-bond acceptors (Lipinski definition) is 7. The molecule has 4 rings (SSSR count). The minimum absolute atomic E-state index is 0.00199. The van der Waals surface area contributed by atoms with E-state index in [-0.39, 0.29) is 12.8 Å². The highest BCUT2D eigenvalue weighted by Crippen LogP contribution is 2.28. The molecule has 1 unspecified atom stereocenters. The van der Waals surface area contributed by atoms with E-state index < -0.39 is 0 Å². The number of rotatable bonds is 6. The highest BCUT2D eigenvalue weighted by atomic mass is 15.2. The van der Waals surface area contributed by atoms with Crippen molar-refractivity contribution in [3.05, 3.63) is 48.3 Å². The molecule has 154 valence electrons. The minimum Gasteiger partial charge on any atom is -0.348 e. The Morgan fingerprint density at radius 1 is 1.30 bits per heavy atom. The number of nitrogens with zero attached hydrogens (tertiary/aromatic N) is 6. The van der Waals surface area contributed by atoms with Gasteiger partial charge in [-0.1, -0.05) is 32.1 Å². The standard InChI is InChI=1S/C22H28BN7/c1-16-4-3-11-30(16)21-7-10-25-22(29-21)28-17(2)19-13-26-20(27-14-19)12-18-5-8-23(15-24)9-6-18/h7,10,13-14,17-18H,1,3-6,8-9,11-12H2,2H3,(H,25,28,29). The smallest absolute Gasteiger partial charge is 0.267 e. The lowest BCUT2D eigenvalue weighted by Gasteiger charge is -2.22. The maximum absolute atomic E-state index is 9.04. The summed E-state index contributed by atoms with van der Waals surface area (Å²) in [6.45, 7) is 7.38. The average Bonchev–Trinajstić information content (AvgIpc) is 3.21. The maximum Gasteiger partial charge on any atom is 0.267 e. The second-order valence-corrected chi connectivity index (χ2v) is 8.41. The summed E-state index contributed by atoms with van der Waals surface area (Å²) in [4.78, 5) is 20.4. The zero-order chi connectivity index (χ0) is 20.9. The third-order valence-corrected chi connectivity index (χ3v) is 6.22. The molecule has 1 atom stereocenters. The fourth-order valence-electron chi connectivity index (χ4n) is 4.30. The van der Waals surface area contributed by atoms with Gasteiger partial charge in [-0.3, -0.25) is 0 Å². The van der Waals surface area contributed by atoms with E-state index in [1.54, 1.807) is 6.20 Å². The van der Waals surface area contributed by atoms with Crippen LogP contribution >= 0.6 is 0 Å². The van der Waals surface area contributed by atoms with Crippen molar-refractivity contribution >= 4 is 18.5 Å². The molecular weight excluding hydrogens is 373 g/mol. The Morgan fingerprint density at radius 2 is 2.07 bits per heavy atom. The topological polar surface area (TPSA) is 90.6 Å². The molecule has 1 N–H and O–H groups in total. The molecule has 0 aliphatic carbocycles. The predicted molar refractivity (Wildman–Crippen MR) is 119 cm³/mol. The van der Waals surface area contributed by atoms with Crippen LogP contribution in [0.3, 0.4) is 0 Å². The predicted octanol–water partition coefficient (Wildman–Crippen LogP) is 4.06. The molecule has 7 nitrogen and oxygen atoms in total. The SMILES string of the molecule is C=C1CCCN1c1ccnc(NC(C)c2cnc(CC3CCB(C#N)CC3)nc2)n1. The highest BCUT2D eigenvalue weighted by molar-refractivity contribution is 6.67. The van der Waals surface area contributed by atoms with Gasteiger partial charge in [-0.2, -0.15) is 4.98 Å². The first-order valence-corrected chi connectivity index (χ1v) is 10.9. The number of nitriles is 1. The molecule has 0 saturated carbocycles. The van der Waals surface area contributed by atoms with Gasteiger partial charge >= 0.3 is 0 Å². The van der Waals surface area contributed by atoms with Crippen molar-refractivity contribution in [3.63, 3.8) is 0 Å². The summed E-state index contributed by atoms with van der Waals surface area (Å²) < 4.78 is 0. The van der Waals surface area contributed by atoms with E-state index >= 15 is 0 Å². The number of aromatic nitrogens is 4. The summed E-state index contributed by atoms with van der Waals surface area (Å²) in [6, 6.07) is 1.93. The molecule has 0 radical (unpaired) electrons. The molecule has 0 aromatic carbocycles. The van der Waals surface area contributed by atoms with Crippen LogP contribution in [0.2, 0.25) is 12.6 Å². The van der Waals surface area contributed by atoms with E-state index in [1.165, 1.54) is 0 Å². The maximum atomic E-state index is 9.04. The van der Waals surface area contributed by atoms with Gasteiger partial charge in [0.2, 0.25) is 5.95 Å². The van der Waals surface area contributed by atoms with Gasteiger partial charge < -0.3 is 10.2 Å². The first-order valence-electron chi connectivity index (χ1n) is 10.9. The molecule has 30 heavy (non-hydrogen) atoms. The van der Waals surface area contributed by atoms with Crippen LogP contribution in [0.5, 0.6) is 0 Å². The quantitative estimate of drug-likeness (QED) is 0.730. The number of hydrogen-bond donors (Lipinski definition) is 1. The molecule has 2 aliphatic rings. The van der Waals surface area contributed by atoms with E-state index in [2.05, 4.69) is 49.6 Å². The molecule has 4 heterocycles. The van der Waals surface area contributed by atoms with E-state index in [1.807, 2.05) is 18.5 Å². The van der Waals surface area contributed by atoms with Crippen LogP contribution in [0.25, 0.3) is 0 Å². The van der Waals surface area contributed by atoms with Crippen LogP contribution in [0.4, 0.5) is 11.8 Å². The van der Waals surface area contributed by atoms with Gasteiger partial charge in [0.05, 0.1) is 6.04 Å². The minimum atomic E-state index is 0.00199.